The maximum atomic E-state index is 13.8. The number of aromatic nitrogens is 1. The summed E-state index contributed by atoms with van der Waals surface area (Å²) in [5, 5.41) is 4.51. The highest BCUT2D eigenvalue weighted by molar-refractivity contribution is 7.89. The van der Waals surface area contributed by atoms with Gasteiger partial charge in [-0.1, -0.05) is 48.0 Å². The highest BCUT2D eigenvalue weighted by atomic mass is 32.2. The Morgan fingerprint density at radius 2 is 1.62 bits per heavy atom. The Hall–Kier alpha value is -4.28. The molecule has 0 spiro atoms. The summed E-state index contributed by atoms with van der Waals surface area (Å²) in [5.74, 6) is -0.185. The van der Waals surface area contributed by atoms with E-state index in [1.807, 2.05) is 37.3 Å². The zero-order valence-corrected chi connectivity index (χ0v) is 22.2. The van der Waals surface area contributed by atoms with Gasteiger partial charge in [0.05, 0.1) is 10.5 Å². The maximum absolute atomic E-state index is 13.8. The molecule has 1 aliphatic heterocycles. The number of hydrogen-bond acceptors (Lipinski definition) is 7. The van der Waals surface area contributed by atoms with Crippen molar-refractivity contribution in [3.05, 3.63) is 96.2 Å². The van der Waals surface area contributed by atoms with Gasteiger partial charge in [-0.15, -0.1) is 0 Å². The van der Waals surface area contributed by atoms with Crippen molar-refractivity contribution in [3.63, 3.8) is 0 Å². The molecule has 9 nitrogen and oxygen atoms in total. The number of carbonyl (C=O) groups excluding carboxylic acids is 2. The second kappa shape index (κ2) is 11.2. The van der Waals surface area contributed by atoms with Crippen LogP contribution >= 0.6 is 0 Å². The molecular formula is C29H28N4O5S. The lowest BCUT2D eigenvalue weighted by Gasteiger charge is -2.22. The zero-order valence-electron chi connectivity index (χ0n) is 21.4. The van der Waals surface area contributed by atoms with E-state index in [2.05, 4.69) is 10.3 Å². The fraction of sp³-hybridized carbons (Fsp3) is 0.207. The predicted molar refractivity (Wildman–Crippen MR) is 148 cm³/mol. The third-order valence-electron chi connectivity index (χ3n) is 6.60. The minimum absolute atomic E-state index is 0.0763. The molecule has 3 aromatic carbocycles. The molecule has 0 radical (unpaired) electrons. The molecule has 10 heteroatoms. The molecule has 1 aliphatic rings. The predicted octanol–water partition coefficient (Wildman–Crippen LogP) is 4.96. The molecule has 200 valence electrons. The fourth-order valence-corrected chi connectivity index (χ4v) is 6.19. The smallest absolute Gasteiger partial charge is 0.372 e. The summed E-state index contributed by atoms with van der Waals surface area (Å²) < 4.78 is 34.0. The molecule has 1 saturated heterocycles. The molecule has 1 fully saturated rings. The van der Waals surface area contributed by atoms with Gasteiger partial charge in [0.1, 0.15) is 5.82 Å². The number of hydrogen-bond donors (Lipinski definition) is 1. The molecule has 0 unspecified atom stereocenters. The van der Waals surface area contributed by atoms with Gasteiger partial charge in [0, 0.05) is 48.8 Å². The number of benzene rings is 3. The zero-order chi connectivity index (χ0) is 27.4. The fourth-order valence-electron chi connectivity index (χ4n) is 4.51. The third kappa shape index (κ3) is 5.76. The van der Waals surface area contributed by atoms with E-state index in [-0.39, 0.29) is 36.6 Å². The molecule has 1 N–H and O–H groups in total. The molecular weight excluding hydrogens is 516 g/mol. The quantitative estimate of drug-likeness (QED) is 0.279. The van der Waals surface area contributed by atoms with Crippen molar-refractivity contribution in [3.8, 4) is 0 Å². The van der Waals surface area contributed by atoms with E-state index in [1.54, 1.807) is 54.7 Å². The van der Waals surface area contributed by atoms with Crippen molar-refractivity contribution in [2.24, 2.45) is 0 Å². The average molecular weight is 545 g/mol. The first-order valence-electron chi connectivity index (χ1n) is 12.6. The van der Waals surface area contributed by atoms with Crippen LogP contribution in [0.3, 0.4) is 0 Å². The summed E-state index contributed by atoms with van der Waals surface area (Å²) in [6.07, 6.45) is 1.20. The number of nitrogens with one attached hydrogen (secondary N) is 1. The van der Waals surface area contributed by atoms with Crippen molar-refractivity contribution in [1.82, 2.24) is 14.2 Å². The minimum atomic E-state index is -3.89. The number of fused-ring (bicyclic) bond motifs is 1. The molecule has 1 aromatic heterocycles. The van der Waals surface area contributed by atoms with Crippen LogP contribution in [0.15, 0.2) is 90.0 Å². The Labute approximate surface area is 227 Å². The molecule has 2 heterocycles. The van der Waals surface area contributed by atoms with Crippen LogP contribution in [-0.2, 0) is 14.8 Å². The van der Waals surface area contributed by atoms with Crippen molar-refractivity contribution < 1.29 is 22.7 Å². The lowest BCUT2D eigenvalue weighted by molar-refractivity contribution is 0.0545. The second-order valence-electron chi connectivity index (χ2n) is 9.27. The Balaban J connectivity index is 1.33. The highest BCUT2D eigenvalue weighted by Gasteiger charge is 2.31. The number of esters is 1. The van der Waals surface area contributed by atoms with Crippen molar-refractivity contribution >= 4 is 44.4 Å². The summed E-state index contributed by atoms with van der Waals surface area (Å²) in [6, 6.07) is 22.9. The van der Waals surface area contributed by atoms with Crippen molar-refractivity contribution in [2.75, 3.05) is 31.5 Å². The van der Waals surface area contributed by atoms with E-state index < -0.39 is 22.1 Å². The van der Waals surface area contributed by atoms with E-state index in [4.69, 9.17) is 4.74 Å². The van der Waals surface area contributed by atoms with E-state index in [1.165, 1.54) is 9.21 Å². The largest absolute Gasteiger partial charge is 0.417 e. The molecule has 4 aromatic rings. The minimum Gasteiger partial charge on any atom is -0.372 e. The van der Waals surface area contributed by atoms with Crippen LogP contribution in [-0.4, -0.2) is 60.8 Å². The number of amides is 1. The van der Waals surface area contributed by atoms with Crippen molar-refractivity contribution in [2.45, 2.75) is 18.2 Å². The van der Waals surface area contributed by atoms with Crippen LogP contribution in [0.5, 0.6) is 0 Å². The molecule has 0 aliphatic carbocycles. The molecule has 0 bridgehead atoms. The number of nitrogens with zero attached hydrogens (tertiary/aromatic N) is 3. The van der Waals surface area contributed by atoms with Crippen molar-refractivity contribution in [1.29, 1.82) is 0 Å². The summed E-state index contributed by atoms with van der Waals surface area (Å²) in [7, 11) is -3.89. The lowest BCUT2D eigenvalue weighted by atomic mass is 10.1. The van der Waals surface area contributed by atoms with Gasteiger partial charge in [-0.05, 0) is 49.7 Å². The number of sulfonamides is 1. The highest BCUT2D eigenvalue weighted by Crippen LogP contribution is 2.31. The monoisotopic (exact) mass is 544 g/mol. The summed E-state index contributed by atoms with van der Waals surface area (Å²) in [5.41, 5.74) is 2.25. The summed E-state index contributed by atoms with van der Waals surface area (Å²) in [6.45, 7) is 2.69. The van der Waals surface area contributed by atoms with Crippen LogP contribution in [0.1, 0.15) is 22.3 Å². The third-order valence-corrected chi connectivity index (χ3v) is 8.56. The van der Waals surface area contributed by atoms with Crippen LogP contribution < -0.4 is 5.32 Å². The van der Waals surface area contributed by atoms with Crippen LogP contribution in [0, 0.1) is 6.92 Å². The van der Waals surface area contributed by atoms with Gasteiger partial charge < -0.3 is 15.0 Å². The first-order valence-corrected chi connectivity index (χ1v) is 14.0. The maximum Gasteiger partial charge on any atom is 0.417 e. The standard InChI is InChI=1S/C29H28N4O5S/c1-21-11-13-23(14-12-21)31-27-25-9-5-10-26(24(25)15-16-30-27)39(36,37)33-18-6-17-32(19-20-33)29(35)38-28(34)22-7-3-2-4-8-22/h2-5,7-16H,6,17-20H2,1H3,(H,30,31). The normalized spacial score (nSPS) is 14.5. The summed E-state index contributed by atoms with van der Waals surface area (Å²) in [4.78, 5) is 30.9. The van der Waals surface area contributed by atoms with E-state index >= 15 is 0 Å². The average Bonchev–Trinajstić information content (AvgIpc) is 3.22. The van der Waals surface area contributed by atoms with E-state index in [0.717, 1.165) is 11.3 Å². The van der Waals surface area contributed by atoms with Gasteiger partial charge in [-0.25, -0.2) is 23.0 Å². The Kier molecular flexibility index (Phi) is 7.58. The Morgan fingerprint density at radius 3 is 2.38 bits per heavy atom. The van der Waals surface area contributed by atoms with Gasteiger partial charge in [-0.3, -0.25) is 0 Å². The number of anilines is 2. The number of ether oxygens (including phenoxy) is 1. The first kappa shape index (κ1) is 26.3. The van der Waals surface area contributed by atoms with Crippen LogP contribution in [0.4, 0.5) is 16.3 Å². The molecule has 1 amide bonds. The number of pyridine rings is 1. The van der Waals surface area contributed by atoms with E-state index in [9.17, 15) is 18.0 Å². The Morgan fingerprint density at radius 1 is 0.846 bits per heavy atom. The topological polar surface area (TPSA) is 109 Å². The molecule has 5 rings (SSSR count). The Bertz CT molecular complexity index is 1610. The van der Waals surface area contributed by atoms with Crippen LogP contribution in [0.25, 0.3) is 10.8 Å². The number of carbonyl (C=O) groups is 2. The lowest BCUT2D eigenvalue weighted by Crippen LogP contribution is -2.38. The molecule has 0 saturated carbocycles. The summed E-state index contributed by atoms with van der Waals surface area (Å²) >= 11 is 0. The van der Waals surface area contributed by atoms with Gasteiger partial charge >= 0.3 is 12.1 Å². The van der Waals surface area contributed by atoms with Crippen LogP contribution in [0.2, 0.25) is 0 Å². The first-order chi connectivity index (χ1) is 18.8. The van der Waals surface area contributed by atoms with Gasteiger partial charge in [-0.2, -0.15) is 4.31 Å². The SMILES string of the molecule is Cc1ccc(Nc2nccc3c(S(=O)(=O)N4CCCN(C(=O)OC(=O)c5ccccc5)CC4)cccc23)cc1. The molecule has 0 atom stereocenters. The van der Waals surface area contributed by atoms with Gasteiger partial charge in [0.2, 0.25) is 10.0 Å². The molecule has 39 heavy (non-hydrogen) atoms. The van der Waals surface area contributed by atoms with Gasteiger partial charge in [0.15, 0.2) is 0 Å². The van der Waals surface area contributed by atoms with E-state index in [0.29, 0.717) is 23.0 Å². The second-order valence-corrected chi connectivity index (χ2v) is 11.2. The van der Waals surface area contributed by atoms with Gasteiger partial charge in [0.25, 0.3) is 0 Å². The number of aryl methyl sites for hydroxylation is 1. The number of rotatable bonds is 5.